The maximum Gasteiger partial charge on any atom is 0.318 e. The van der Waals surface area contributed by atoms with Crippen molar-refractivity contribution >= 4 is 27.9 Å². The molecule has 1 aliphatic rings. The summed E-state index contributed by atoms with van der Waals surface area (Å²) < 4.78 is 0.702. The number of carbonyl (C=O) groups excluding carboxylic acids is 2. The number of amides is 3. The molecular formula is C10H16BrN3O2. The fourth-order valence-corrected chi connectivity index (χ4v) is 1.63. The third-order valence-electron chi connectivity index (χ3n) is 2.41. The molecule has 1 heterocycles. The maximum absolute atomic E-state index is 11.8. The molecule has 0 bridgehead atoms. The van der Waals surface area contributed by atoms with Gasteiger partial charge in [-0.05, 0) is 13.3 Å². The molecule has 3 amide bonds. The van der Waals surface area contributed by atoms with Crippen LogP contribution in [0.4, 0.5) is 4.79 Å². The second-order valence-electron chi connectivity index (χ2n) is 3.69. The third-order valence-corrected chi connectivity index (χ3v) is 2.69. The Kier molecular flexibility index (Phi) is 4.79. The first-order chi connectivity index (χ1) is 7.52. The van der Waals surface area contributed by atoms with Crippen molar-refractivity contribution in [2.24, 2.45) is 0 Å². The highest BCUT2D eigenvalue weighted by Gasteiger charge is 2.27. The molecule has 2 N–H and O–H groups in total. The van der Waals surface area contributed by atoms with Crippen molar-refractivity contribution < 1.29 is 9.59 Å². The van der Waals surface area contributed by atoms with Crippen molar-refractivity contribution in [3.05, 3.63) is 11.1 Å². The summed E-state index contributed by atoms with van der Waals surface area (Å²) >= 11 is 3.16. The Hall–Kier alpha value is -1.04. The Morgan fingerprint density at radius 3 is 3.06 bits per heavy atom. The van der Waals surface area contributed by atoms with Crippen molar-refractivity contribution in [3.63, 3.8) is 0 Å². The largest absolute Gasteiger partial charge is 0.354 e. The lowest BCUT2D eigenvalue weighted by Gasteiger charge is -2.25. The van der Waals surface area contributed by atoms with Gasteiger partial charge in [0.2, 0.25) is 5.91 Å². The summed E-state index contributed by atoms with van der Waals surface area (Å²) in [6, 6.07) is -0.656. The van der Waals surface area contributed by atoms with E-state index in [1.807, 2.05) is 0 Å². The summed E-state index contributed by atoms with van der Waals surface area (Å²) in [5, 5.41) is 5.45. The van der Waals surface area contributed by atoms with E-state index in [0.717, 1.165) is 6.42 Å². The Balaban J connectivity index is 2.58. The van der Waals surface area contributed by atoms with Crippen LogP contribution in [0, 0.1) is 0 Å². The summed E-state index contributed by atoms with van der Waals surface area (Å²) in [5.74, 6) is -0.106. The van der Waals surface area contributed by atoms with Gasteiger partial charge in [-0.25, -0.2) is 4.79 Å². The minimum absolute atomic E-state index is 0.106. The molecule has 6 heteroatoms. The second kappa shape index (κ2) is 5.89. The van der Waals surface area contributed by atoms with E-state index in [-0.39, 0.29) is 11.9 Å². The number of nitrogens with zero attached hydrogens (tertiary/aromatic N) is 1. The predicted octanol–water partition coefficient (Wildman–Crippen LogP) is 0.815. The second-order valence-corrected chi connectivity index (χ2v) is 4.81. The van der Waals surface area contributed by atoms with Crippen LogP contribution in [-0.2, 0) is 4.79 Å². The SMILES string of the molecule is C=C(Br)CNC(=O)N1CCCNC(=O)[C@H]1C. The maximum atomic E-state index is 11.8. The molecule has 0 aromatic heterocycles. The minimum Gasteiger partial charge on any atom is -0.354 e. The van der Waals surface area contributed by atoms with Crippen molar-refractivity contribution in [1.82, 2.24) is 15.5 Å². The average Bonchev–Trinajstić information content (AvgIpc) is 2.39. The highest BCUT2D eigenvalue weighted by molar-refractivity contribution is 9.11. The molecule has 1 fully saturated rings. The Bertz CT molecular complexity index is 306. The Morgan fingerprint density at radius 1 is 1.75 bits per heavy atom. The van der Waals surface area contributed by atoms with Crippen LogP contribution in [0.25, 0.3) is 0 Å². The molecule has 1 rings (SSSR count). The zero-order valence-corrected chi connectivity index (χ0v) is 10.8. The Labute approximate surface area is 103 Å². The first kappa shape index (κ1) is 13.0. The van der Waals surface area contributed by atoms with Crippen LogP contribution in [-0.4, -0.2) is 42.5 Å². The normalized spacial score (nSPS) is 21.0. The lowest BCUT2D eigenvalue weighted by Crippen LogP contribution is -2.49. The molecule has 0 saturated carbocycles. The molecule has 16 heavy (non-hydrogen) atoms. The van der Waals surface area contributed by atoms with E-state index in [9.17, 15) is 9.59 Å². The summed E-state index contributed by atoms with van der Waals surface area (Å²) in [6.45, 7) is 6.93. The average molecular weight is 290 g/mol. The molecule has 1 saturated heterocycles. The van der Waals surface area contributed by atoms with E-state index in [4.69, 9.17) is 0 Å². The van der Waals surface area contributed by atoms with Crippen LogP contribution in [0.3, 0.4) is 0 Å². The third kappa shape index (κ3) is 3.52. The van der Waals surface area contributed by atoms with Crippen LogP contribution in [0.2, 0.25) is 0 Å². The van der Waals surface area contributed by atoms with Gasteiger partial charge in [-0.1, -0.05) is 22.5 Å². The molecule has 0 aromatic rings. The highest BCUT2D eigenvalue weighted by Crippen LogP contribution is 2.06. The molecule has 90 valence electrons. The molecule has 5 nitrogen and oxygen atoms in total. The van der Waals surface area contributed by atoms with Gasteiger partial charge in [0.15, 0.2) is 0 Å². The van der Waals surface area contributed by atoms with Gasteiger partial charge in [0, 0.05) is 17.6 Å². The fraction of sp³-hybridized carbons (Fsp3) is 0.600. The molecule has 0 aliphatic carbocycles. The van der Waals surface area contributed by atoms with Crippen LogP contribution >= 0.6 is 15.9 Å². The van der Waals surface area contributed by atoms with Gasteiger partial charge in [-0.15, -0.1) is 0 Å². The molecule has 1 aliphatic heterocycles. The van der Waals surface area contributed by atoms with E-state index in [0.29, 0.717) is 24.1 Å². The van der Waals surface area contributed by atoms with Gasteiger partial charge in [0.05, 0.1) is 6.54 Å². The van der Waals surface area contributed by atoms with Gasteiger partial charge < -0.3 is 15.5 Å². The number of halogens is 1. The fourth-order valence-electron chi connectivity index (χ4n) is 1.49. The van der Waals surface area contributed by atoms with Gasteiger partial charge >= 0.3 is 6.03 Å². The van der Waals surface area contributed by atoms with Gasteiger partial charge in [0.25, 0.3) is 0 Å². The molecule has 0 unspecified atom stereocenters. The number of hydrogen-bond acceptors (Lipinski definition) is 2. The minimum atomic E-state index is -0.425. The first-order valence-corrected chi connectivity index (χ1v) is 5.97. The number of carbonyl (C=O) groups is 2. The summed E-state index contributed by atoms with van der Waals surface area (Å²) in [4.78, 5) is 24.8. The molecule has 0 aromatic carbocycles. The number of urea groups is 1. The van der Waals surface area contributed by atoms with Crippen molar-refractivity contribution in [2.75, 3.05) is 19.6 Å². The zero-order valence-electron chi connectivity index (χ0n) is 9.25. The Morgan fingerprint density at radius 2 is 2.44 bits per heavy atom. The molecule has 0 radical (unpaired) electrons. The van der Waals surface area contributed by atoms with Crippen molar-refractivity contribution in [1.29, 1.82) is 0 Å². The van der Waals surface area contributed by atoms with Gasteiger partial charge in [0.1, 0.15) is 6.04 Å². The zero-order chi connectivity index (χ0) is 12.1. The van der Waals surface area contributed by atoms with Gasteiger partial charge in [-0.3, -0.25) is 4.79 Å². The van der Waals surface area contributed by atoms with Crippen LogP contribution in [0.15, 0.2) is 11.1 Å². The van der Waals surface area contributed by atoms with Crippen LogP contribution in [0.1, 0.15) is 13.3 Å². The smallest absolute Gasteiger partial charge is 0.318 e. The molecule has 1 atom stereocenters. The quantitative estimate of drug-likeness (QED) is 0.791. The molecular weight excluding hydrogens is 274 g/mol. The number of nitrogens with one attached hydrogen (secondary N) is 2. The highest BCUT2D eigenvalue weighted by atomic mass is 79.9. The standard InChI is InChI=1S/C10H16BrN3O2/c1-7(11)6-13-10(16)14-5-3-4-12-9(15)8(14)2/h8H,1,3-6H2,2H3,(H,12,15)(H,13,16)/t8-/m1/s1. The monoisotopic (exact) mass is 289 g/mol. The van der Waals surface area contributed by atoms with Crippen LogP contribution < -0.4 is 10.6 Å². The number of rotatable bonds is 2. The predicted molar refractivity (Wildman–Crippen MR) is 65.3 cm³/mol. The van der Waals surface area contributed by atoms with E-state index in [2.05, 4.69) is 33.1 Å². The van der Waals surface area contributed by atoms with E-state index >= 15 is 0 Å². The van der Waals surface area contributed by atoms with E-state index < -0.39 is 6.04 Å². The van der Waals surface area contributed by atoms with Crippen molar-refractivity contribution in [2.45, 2.75) is 19.4 Å². The summed E-state index contributed by atoms with van der Waals surface area (Å²) in [5.41, 5.74) is 0. The van der Waals surface area contributed by atoms with Gasteiger partial charge in [-0.2, -0.15) is 0 Å². The molecule has 0 spiro atoms. The topological polar surface area (TPSA) is 61.4 Å². The number of hydrogen-bond donors (Lipinski definition) is 2. The lowest BCUT2D eigenvalue weighted by molar-refractivity contribution is -0.124. The van der Waals surface area contributed by atoms with Crippen molar-refractivity contribution in [3.8, 4) is 0 Å². The van der Waals surface area contributed by atoms with E-state index in [1.54, 1.807) is 6.92 Å². The first-order valence-electron chi connectivity index (χ1n) is 5.18. The summed E-state index contributed by atoms with van der Waals surface area (Å²) in [7, 11) is 0. The summed E-state index contributed by atoms with van der Waals surface area (Å²) in [6.07, 6.45) is 0.777. The van der Waals surface area contributed by atoms with Crippen LogP contribution in [0.5, 0.6) is 0 Å². The lowest BCUT2D eigenvalue weighted by atomic mass is 10.3. The van der Waals surface area contributed by atoms with E-state index in [1.165, 1.54) is 4.90 Å².